The van der Waals surface area contributed by atoms with Crippen LogP contribution >= 0.6 is 0 Å². The molecule has 2 aromatic heterocycles. The molecule has 210 valence electrons. The van der Waals surface area contributed by atoms with E-state index in [1.165, 1.54) is 24.3 Å². The first kappa shape index (κ1) is 29.1. The van der Waals surface area contributed by atoms with E-state index in [0.717, 1.165) is 30.5 Å². The molecule has 0 unspecified atom stereocenters. The van der Waals surface area contributed by atoms with E-state index in [-0.39, 0.29) is 39.5 Å². The fourth-order valence-corrected chi connectivity index (χ4v) is 4.66. The second-order valence-electron chi connectivity index (χ2n) is 8.87. The van der Waals surface area contributed by atoms with E-state index in [1.54, 1.807) is 14.1 Å². The molecular formula is C26H21F6N5O2S. The van der Waals surface area contributed by atoms with Gasteiger partial charge in [-0.05, 0) is 50.5 Å². The van der Waals surface area contributed by atoms with E-state index in [1.807, 2.05) is 4.90 Å². The van der Waals surface area contributed by atoms with E-state index in [4.69, 9.17) is 0 Å². The van der Waals surface area contributed by atoms with Crippen LogP contribution in [0.5, 0.6) is 0 Å². The van der Waals surface area contributed by atoms with Gasteiger partial charge in [-0.15, -0.1) is 0 Å². The zero-order valence-corrected chi connectivity index (χ0v) is 21.8. The van der Waals surface area contributed by atoms with Crippen molar-refractivity contribution in [2.75, 3.05) is 27.2 Å². The third-order valence-electron chi connectivity index (χ3n) is 5.61. The number of rotatable bonds is 6. The number of likely N-dealkylation sites (N-methyl/N-ethyl adjacent to an activating group) is 1. The Morgan fingerprint density at radius 1 is 0.950 bits per heavy atom. The number of fused-ring (bicyclic) bond motifs is 1. The highest BCUT2D eigenvalue weighted by atomic mass is 32.2. The summed E-state index contributed by atoms with van der Waals surface area (Å²) >= 11 is 0. The van der Waals surface area contributed by atoms with Gasteiger partial charge < -0.3 is 4.90 Å². The molecule has 0 atom stereocenters. The van der Waals surface area contributed by atoms with Gasteiger partial charge in [0.1, 0.15) is 0 Å². The molecule has 2 heterocycles. The number of nitrogens with one attached hydrogen (secondary N) is 1. The van der Waals surface area contributed by atoms with Crippen LogP contribution in [0.2, 0.25) is 0 Å². The predicted octanol–water partition coefficient (Wildman–Crippen LogP) is 4.67. The first-order valence-corrected chi connectivity index (χ1v) is 13.0. The molecule has 0 bridgehead atoms. The van der Waals surface area contributed by atoms with Crippen LogP contribution in [0.4, 0.5) is 26.3 Å². The summed E-state index contributed by atoms with van der Waals surface area (Å²) in [6, 6.07) is 9.96. The van der Waals surface area contributed by atoms with Crippen molar-refractivity contribution in [1.82, 2.24) is 24.2 Å². The molecular weight excluding hydrogens is 560 g/mol. The van der Waals surface area contributed by atoms with Crippen molar-refractivity contribution in [2.24, 2.45) is 0 Å². The number of halogens is 6. The Hall–Kier alpha value is -3.93. The Labute approximate surface area is 225 Å². The van der Waals surface area contributed by atoms with Crippen molar-refractivity contribution in [3.63, 3.8) is 0 Å². The van der Waals surface area contributed by atoms with Crippen LogP contribution in [-0.4, -0.2) is 55.1 Å². The largest absolute Gasteiger partial charge is 0.433 e. The molecule has 0 aliphatic carbocycles. The number of hydrogen-bond acceptors (Lipinski definition) is 5. The van der Waals surface area contributed by atoms with Crippen molar-refractivity contribution in [1.29, 1.82) is 0 Å². The Morgan fingerprint density at radius 2 is 1.65 bits per heavy atom. The van der Waals surface area contributed by atoms with Gasteiger partial charge in [-0.2, -0.15) is 31.4 Å². The summed E-state index contributed by atoms with van der Waals surface area (Å²) in [6.45, 7) is 0.664. The minimum atomic E-state index is -4.86. The van der Waals surface area contributed by atoms with Gasteiger partial charge in [0.25, 0.3) is 0 Å². The lowest BCUT2D eigenvalue weighted by Crippen LogP contribution is -2.31. The zero-order valence-electron chi connectivity index (χ0n) is 21.0. The molecule has 40 heavy (non-hydrogen) atoms. The van der Waals surface area contributed by atoms with Crippen LogP contribution in [0, 0.1) is 11.8 Å². The normalized spacial score (nSPS) is 12.5. The monoisotopic (exact) mass is 581 g/mol. The van der Waals surface area contributed by atoms with Crippen LogP contribution in [0.1, 0.15) is 22.4 Å². The fourth-order valence-electron chi connectivity index (χ4n) is 3.60. The average Bonchev–Trinajstić information content (AvgIpc) is 3.28. The molecule has 0 saturated heterocycles. The maximum Gasteiger partial charge on any atom is 0.433 e. The quantitative estimate of drug-likeness (QED) is 0.265. The smallest absolute Gasteiger partial charge is 0.308 e. The Balaban J connectivity index is 1.73. The topological polar surface area (TPSA) is 79.6 Å². The minimum absolute atomic E-state index is 0.00312. The summed E-state index contributed by atoms with van der Waals surface area (Å²) in [5, 5.41) is 3.76. The lowest BCUT2D eigenvalue weighted by molar-refractivity contribution is -0.142. The van der Waals surface area contributed by atoms with Gasteiger partial charge in [-0.1, -0.05) is 30.0 Å². The number of aromatic nitrogens is 3. The number of nitrogens with zero attached hydrogens (tertiary/aromatic N) is 4. The third-order valence-corrected chi connectivity index (χ3v) is 7.07. The lowest BCUT2D eigenvalue weighted by Gasteiger charge is -2.12. The molecule has 0 radical (unpaired) electrons. The summed E-state index contributed by atoms with van der Waals surface area (Å²) in [5.41, 5.74) is -2.36. The van der Waals surface area contributed by atoms with E-state index < -0.39 is 33.6 Å². The Kier molecular flexibility index (Phi) is 7.93. The molecule has 7 nitrogen and oxygen atoms in total. The molecule has 4 rings (SSSR count). The highest BCUT2D eigenvalue weighted by Crippen LogP contribution is 2.34. The maximum absolute atomic E-state index is 13.8. The van der Waals surface area contributed by atoms with Crippen molar-refractivity contribution in [2.45, 2.75) is 17.2 Å². The molecule has 0 spiro atoms. The second-order valence-corrected chi connectivity index (χ2v) is 10.6. The first-order valence-electron chi connectivity index (χ1n) is 11.6. The fraction of sp³-hybridized carbons (Fsp3) is 0.231. The second kappa shape index (κ2) is 10.9. The maximum atomic E-state index is 13.8. The molecule has 0 aliphatic heterocycles. The van der Waals surface area contributed by atoms with Crippen LogP contribution in [0.15, 0.2) is 65.7 Å². The van der Waals surface area contributed by atoms with Gasteiger partial charge in [0.15, 0.2) is 11.3 Å². The van der Waals surface area contributed by atoms with Gasteiger partial charge in [0.2, 0.25) is 10.0 Å². The van der Waals surface area contributed by atoms with Crippen LogP contribution in [-0.2, 0) is 22.4 Å². The highest BCUT2D eigenvalue weighted by molar-refractivity contribution is 7.89. The van der Waals surface area contributed by atoms with E-state index in [9.17, 15) is 34.8 Å². The third kappa shape index (κ3) is 6.61. The Morgan fingerprint density at radius 3 is 2.27 bits per heavy atom. The van der Waals surface area contributed by atoms with Gasteiger partial charge in [0, 0.05) is 24.2 Å². The van der Waals surface area contributed by atoms with Crippen molar-refractivity contribution in [3.05, 3.63) is 83.2 Å². The van der Waals surface area contributed by atoms with Crippen molar-refractivity contribution in [3.8, 4) is 23.1 Å². The van der Waals surface area contributed by atoms with E-state index in [2.05, 4.69) is 26.6 Å². The van der Waals surface area contributed by atoms with Gasteiger partial charge in [0.05, 0.1) is 27.9 Å². The number of sulfonamides is 1. The minimum Gasteiger partial charge on any atom is -0.308 e. The van der Waals surface area contributed by atoms with Crippen LogP contribution < -0.4 is 4.72 Å². The summed E-state index contributed by atoms with van der Waals surface area (Å²) in [4.78, 5) is 5.96. The van der Waals surface area contributed by atoms with E-state index in [0.29, 0.717) is 17.1 Å². The number of hydrogen-bond donors (Lipinski definition) is 1. The van der Waals surface area contributed by atoms with Crippen LogP contribution in [0.25, 0.3) is 16.9 Å². The van der Waals surface area contributed by atoms with Crippen molar-refractivity contribution < 1.29 is 34.8 Å². The standard InChI is InChI=1S/C26H21F6N5O2S/c1-36(2)13-12-34-40(38,39)21-5-3-4-17(14-21)6-7-19-16-33-37-23(26(30,31)32)15-22(35-24(19)37)18-8-10-20(11-9-18)25(27,28)29/h3-5,8-11,14-16,34H,12-13H2,1-2H3. The molecule has 0 fully saturated rings. The summed E-state index contributed by atoms with van der Waals surface area (Å²) in [6.07, 6.45) is -8.40. The molecule has 2 aromatic carbocycles. The summed E-state index contributed by atoms with van der Waals surface area (Å²) in [7, 11) is -0.233. The van der Waals surface area contributed by atoms with Crippen molar-refractivity contribution >= 4 is 15.7 Å². The molecule has 0 saturated carbocycles. The van der Waals surface area contributed by atoms with Gasteiger partial charge >= 0.3 is 12.4 Å². The summed E-state index contributed by atoms with van der Waals surface area (Å²) in [5.74, 6) is 5.39. The van der Waals surface area contributed by atoms with Gasteiger partial charge in [-0.3, -0.25) is 0 Å². The lowest BCUT2D eigenvalue weighted by atomic mass is 10.1. The molecule has 14 heteroatoms. The van der Waals surface area contributed by atoms with Crippen LogP contribution in [0.3, 0.4) is 0 Å². The number of alkyl halides is 6. The number of benzene rings is 2. The molecule has 1 N–H and O–H groups in total. The highest BCUT2D eigenvalue weighted by Gasteiger charge is 2.36. The van der Waals surface area contributed by atoms with Gasteiger partial charge in [-0.25, -0.2) is 22.6 Å². The molecule has 0 aliphatic rings. The summed E-state index contributed by atoms with van der Waals surface area (Å²) < 4.78 is 109. The zero-order chi connectivity index (χ0) is 29.3. The Bertz CT molecular complexity index is 1700. The molecule has 0 amide bonds. The first-order chi connectivity index (χ1) is 18.6. The SMILES string of the molecule is CN(C)CCNS(=O)(=O)c1cccc(C#Cc2cnn3c(C(F)(F)F)cc(-c4ccc(C(F)(F)F)cc4)nc23)c1. The van der Waals surface area contributed by atoms with E-state index >= 15 is 0 Å². The average molecular weight is 582 g/mol. The molecule has 4 aromatic rings. The predicted molar refractivity (Wildman–Crippen MR) is 135 cm³/mol.